The number of esters is 1. The Bertz CT molecular complexity index is 1130. The van der Waals surface area contributed by atoms with Crippen LogP contribution >= 0.6 is 22.9 Å². The predicted octanol–water partition coefficient (Wildman–Crippen LogP) is 3.89. The largest absolute Gasteiger partial charge is 0.427 e. The van der Waals surface area contributed by atoms with Gasteiger partial charge in [0.2, 0.25) is 11.0 Å². The molecule has 0 bridgehead atoms. The van der Waals surface area contributed by atoms with Crippen LogP contribution in [-0.2, 0) is 9.59 Å². The van der Waals surface area contributed by atoms with Gasteiger partial charge in [0.1, 0.15) is 10.8 Å². The molecule has 1 aliphatic heterocycles. The molecule has 1 atom stereocenters. The van der Waals surface area contributed by atoms with Crippen LogP contribution in [0.1, 0.15) is 34.6 Å². The lowest BCUT2D eigenvalue weighted by atomic mass is 10.1. The molecule has 2 aromatic carbocycles. The first kappa shape index (κ1) is 21.0. The van der Waals surface area contributed by atoms with Crippen molar-refractivity contribution in [3.05, 3.63) is 64.1 Å². The summed E-state index contributed by atoms with van der Waals surface area (Å²) in [5, 5.41) is 12.6. The normalized spacial score (nSPS) is 15.7. The van der Waals surface area contributed by atoms with Gasteiger partial charge in [0, 0.05) is 42.1 Å². The van der Waals surface area contributed by atoms with Crippen LogP contribution in [0, 0.1) is 0 Å². The van der Waals surface area contributed by atoms with Gasteiger partial charge in [0.15, 0.2) is 0 Å². The van der Waals surface area contributed by atoms with E-state index in [0.29, 0.717) is 39.4 Å². The number of aromatic nitrogens is 2. The van der Waals surface area contributed by atoms with Crippen LogP contribution in [0.4, 0.5) is 10.8 Å². The molecule has 0 aliphatic carbocycles. The summed E-state index contributed by atoms with van der Waals surface area (Å²) in [5.74, 6) is -0.533. The minimum atomic E-state index is -0.432. The summed E-state index contributed by atoms with van der Waals surface area (Å²) in [6.45, 7) is 1.79. The molecule has 2 heterocycles. The van der Waals surface area contributed by atoms with E-state index >= 15 is 0 Å². The summed E-state index contributed by atoms with van der Waals surface area (Å²) in [5.41, 5.74) is 1.17. The molecule has 0 saturated carbocycles. The third kappa shape index (κ3) is 4.89. The third-order valence-electron chi connectivity index (χ3n) is 4.65. The van der Waals surface area contributed by atoms with Crippen LogP contribution in [0.15, 0.2) is 48.5 Å². The van der Waals surface area contributed by atoms with Crippen LogP contribution in [-0.4, -0.2) is 34.5 Å². The first-order chi connectivity index (χ1) is 14.9. The average Bonchev–Trinajstić information content (AvgIpc) is 3.35. The van der Waals surface area contributed by atoms with Crippen LogP contribution in [0.2, 0.25) is 5.02 Å². The van der Waals surface area contributed by atoms with E-state index in [4.69, 9.17) is 16.3 Å². The maximum absolute atomic E-state index is 12.5. The number of halogens is 1. The topological polar surface area (TPSA) is 101 Å². The number of hydrogen-bond acceptors (Lipinski definition) is 7. The summed E-state index contributed by atoms with van der Waals surface area (Å²) in [4.78, 5) is 37.6. The van der Waals surface area contributed by atoms with Gasteiger partial charge in [-0.05, 0) is 48.5 Å². The molecule has 158 valence electrons. The number of rotatable bonds is 5. The Kier molecular flexibility index (Phi) is 5.97. The van der Waals surface area contributed by atoms with Gasteiger partial charge < -0.3 is 9.64 Å². The monoisotopic (exact) mass is 456 g/mol. The van der Waals surface area contributed by atoms with Gasteiger partial charge in [0.25, 0.3) is 5.91 Å². The number of nitrogens with zero attached hydrogens (tertiary/aromatic N) is 3. The zero-order valence-electron chi connectivity index (χ0n) is 16.4. The Hall–Kier alpha value is -3.30. The lowest BCUT2D eigenvalue weighted by molar-refractivity contribution is -0.131. The lowest BCUT2D eigenvalue weighted by Gasteiger charge is -2.16. The second-order valence-electron chi connectivity index (χ2n) is 6.90. The fraction of sp³-hybridized carbons (Fsp3) is 0.190. The van der Waals surface area contributed by atoms with Gasteiger partial charge >= 0.3 is 5.97 Å². The number of carbonyl (C=O) groups is 3. The Morgan fingerprint density at radius 3 is 2.52 bits per heavy atom. The molecule has 8 nitrogen and oxygen atoms in total. The van der Waals surface area contributed by atoms with E-state index < -0.39 is 5.97 Å². The van der Waals surface area contributed by atoms with Crippen molar-refractivity contribution in [1.82, 2.24) is 10.2 Å². The van der Waals surface area contributed by atoms with Crippen LogP contribution in [0.5, 0.6) is 5.75 Å². The van der Waals surface area contributed by atoms with Crippen molar-refractivity contribution in [2.24, 2.45) is 0 Å². The molecule has 3 aromatic rings. The molecule has 0 spiro atoms. The summed E-state index contributed by atoms with van der Waals surface area (Å²) >= 11 is 7.16. The highest BCUT2D eigenvalue weighted by atomic mass is 35.5. The molecule has 10 heteroatoms. The molecular formula is C21H17ClN4O4S. The minimum absolute atomic E-state index is 0.000905. The molecule has 1 N–H and O–H groups in total. The molecule has 0 radical (unpaired) electrons. The second kappa shape index (κ2) is 8.83. The number of anilines is 2. The average molecular weight is 457 g/mol. The van der Waals surface area contributed by atoms with Crippen molar-refractivity contribution in [2.75, 3.05) is 16.8 Å². The van der Waals surface area contributed by atoms with Gasteiger partial charge in [-0.3, -0.25) is 19.7 Å². The molecular weight excluding hydrogens is 440 g/mol. The van der Waals surface area contributed by atoms with E-state index in [0.717, 1.165) is 5.69 Å². The second-order valence-corrected chi connectivity index (χ2v) is 8.34. The van der Waals surface area contributed by atoms with Gasteiger partial charge in [0.05, 0.1) is 0 Å². The van der Waals surface area contributed by atoms with E-state index in [9.17, 15) is 14.4 Å². The summed E-state index contributed by atoms with van der Waals surface area (Å²) in [7, 11) is 0. The summed E-state index contributed by atoms with van der Waals surface area (Å²) in [6, 6.07) is 13.3. The van der Waals surface area contributed by atoms with Crippen molar-refractivity contribution >= 4 is 51.5 Å². The van der Waals surface area contributed by atoms with Crippen LogP contribution in [0.3, 0.4) is 0 Å². The van der Waals surface area contributed by atoms with E-state index in [1.165, 1.54) is 30.4 Å². The zero-order chi connectivity index (χ0) is 22.0. The number of nitrogens with one attached hydrogen (secondary N) is 1. The van der Waals surface area contributed by atoms with E-state index in [2.05, 4.69) is 15.5 Å². The number of hydrogen-bond donors (Lipinski definition) is 1. The van der Waals surface area contributed by atoms with Crippen LogP contribution in [0.25, 0.3) is 0 Å². The number of amides is 2. The van der Waals surface area contributed by atoms with Gasteiger partial charge in [-0.2, -0.15) is 0 Å². The van der Waals surface area contributed by atoms with E-state index in [1.807, 2.05) is 0 Å². The van der Waals surface area contributed by atoms with Gasteiger partial charge in [-0.15, -0.1) is 10.2 Å². The molecule has 1 aliphatic rings. The number of carbonyl (C=O) groups excluding carboxylic acids is 3. The highest BCUT2D eigenvalue weighted by molar-refractivity contribution is 7.15. The molecule has 1 aromatic heterocycles. The SMILES string of the molecule is CC(=O)Oc1ccc(C(=O)Nc2nnc(C3CC(=O)N(c4ccc(Cl)cc4)C3)s2)cc1. The smallest absolute Gasteiger partial charge is 0.308 e. The Morgan fingerprint density at radius 1 is 1.13 bits per heavy atom. The van der Waals surface area contributed by atoms with Crippen molar-refractivity contribution in [2.45, 2.75) is 19.3 Å². The summed E-state index contributed by atoms with van der Waals surface area (Å²) in [6.07, 6.45) is 0.322. The van der Waals surface area contributed by atoms with E-state index in [1.54, 1.807) is 41.3 Å². The first-order valence-electron chi connectivity index (χ1n) is 9.38. The van der Waals surface area contributed by atoms with Gasteiger partial charge in [-0.1, -0.05) is 22.9 Å². The zero-order valence-corrected chi connectivity index (χ0v) is 17.9. The third-order valence-corrected chi connectivity index (χ3v) is 5.90. The first-order valence-corrected chi connectivity index (χ1v) is 10.6. The van der Waals surface area contributed by atoms with E-state index in [-0.39, 0.29) is 17.7 Å². The number of benzene rings is 2. The van der Waals surface area contributed by atoms with Crippen molar-refractivity contribution in [3.63, 3.8) is 0 Å². The predicted molar refractivity (Wildman–Crippen MR) is 117 cm³/mol. The highest BCUT2D eigenvalue weighted by Gasteiger charge is 2.34. The fourth-order valence-electron chi connectivity index (χ4n) is 3.20. The quantitative estimate of drug-likeness (QED) is 0.461. The Balaban J connectivity index is 1.40. The Morgan fingerprint density at radius 2 is 1.84 bits per heavy atom. The molecule has 31 heavy (non-hydrogen) atoms. The minimum Gasteiger partial charge on any atom is -0.427 e. The molecule has 1 fully saturated rings. The van der Waals surface area contributed by atoms with Crippen LogP contribution < -0.4 is 15.0 Å². The molecule has 2 amide bonds. The Labute approximate surface area is 186 Å². The van der Waals surface area contributed by atoms with Gasteiger partial charge in [-0.25, -0.2) is 0 Å². The molecule has 4 rings (SSSR count). The van der Waals surface area contributed by atoms with Crippen molar-refractivity contribution < 1.29 is 19.1 Å². The molecule has 1 unspecified atom stereocenters. The lowest BCUT2D eigenvalue weighted by Crippen LogP contribution is -2.24. The standard InChI is InChI=1S/C21H17ClN4O4S/c1-12(27)30-17-8-2-13(3-9-17)19(29)23-21-25-24-20(31-21)14-10-18(28)26(11-14)16-6-4-15(22)5-7-16/h2-9,14H,10-11H2,1H3,(H,23,25,29). The van der Waals surface area contributed by atoms with Crippen molar-refractivity contribution in [3.8, 4) is 5.75 Å². The number of ether oxygens (including phenoxy) is 1. The van der Waals surface area contributed by atoms with Crippen molar-refractivity contribution in [1.29, 1.82) is 0 Å². The highest BCUT2D eigenvalue weighted by Crippen LogP contribution is 2.34. The maximum Gasteiger partial charge on any atom is 0.308 e. The fourth-order valence-corrected chi connectivity index (χ4v) is 4.16. The maximum atomic E-state index is 12.5. The summed E-state index contributed by atoms with van der Waals surface area (Å²) < 4.78 is 4.95. The molecule has 1 saturated heterocycles.